The van der Waals surface area contributed by atoms with E-state index in [-0.39, 0.29) is 0 Å². The molecule has 100 valence electrons. The van der Waals surface area contributed by atoms with Crippen molar-refractivity contribution >= 4 is 0 Å². The number of hydrogen-bond acceptors (Lipinski definition) is 2. The first-order valence-electron chi connectivity index (χ1n) is 7.17. The summed E-state index contributed by atoms with van der Waals surface area (Å²) in [7, 11) is 0. The monoisotopic (exact) mass is 247 g/mol. The lowest BCUT2D eigenvalue weighted by molar-refractivity contribution is 0.256. The molecule has 0 aromatic heterocycles. The fourth-order valence-corrected chi connectivity index (χ4v) is 2.45. The Bertz CT molecular complexity index is 334. The third-order valence-electron chi connectivity index (χ3n) is 3.84. The van der Waals surface area contributed by atoms with Crippen molar-refractivity contribution in [3.8, 4) is 0 Å². The quantitative estimate of drug-likeness (QED) is 0.740. The molecule has 1 aromatic rings. The first-order valence-corrected chi connectivity index (χ1v) is 7.17. The van der Waals surface area contributed by atoms with Gasteiger partial charge in [0.1, 0.15) is 0 Å². The van der Waals surface area contributed by atoms with Gasteiger partial charge >= 0.3 is 0 Å². The lowest BCUT2D eigenvalue weighted by Gasteiger charge is -2.21. The highest BCUT2D eigenvalue weighted by Crippen LogP contribution is 2.34. The van der Waals surface area contributed by atoms with E-state index in [1.807, 2.05) is 0 Å². The zero-order chi connectivity index (χ0) is 12.8. The van der Waals surface area contributed by atoms with Crippen LogP contribution < -0.4 is 5.32 Å². The Morgan fingerprint density at radius 3 is 2.61 bits per heavy atom. The van der Waals surface area contributed by atoms with Crippen LogP contribution in [0.5, 0.6) is 0 Å². The van der Waals surface area contributed by atoms with Crippen LogP contribution >= 0.6 is 0 Å². The lowest BCUT2D eigenvalue weighted by atomic mass is 10.0. The van der Waals surface area contributed by atoms with E-state index in [1.54, 1.807) is 0 Å². The minimum Gasteiger partial charge on any atom is -0.396 e. The molecule has 1 aliphatic carbocycles. The van der Waals surface area contributed by atoms with Gasteiger partial charge in [-0.05, 0) is 49.6 Å². The van der Waals surface area contributed by atoms with E-state index in [0.29, 0.717) is 18.6 Å². The van der Waals surface area contributed by atoms with Crippen molar-refractivity contribution in [2.75, 3.05) is 13.2 Å². The fourth-order valence-electron chi connectivity index (χ4n) is 2.45. The second-order valence-corrected chi connectivity index (χ2v) is 5.66. The summed E-state index contributed by atoms with van der Waals surface area (Å²) in [5.74, 6) is 1.43. The molecule has 1 aromatic carbocycles. The highest BCUT2D eigenvalue weighted by Gasteiger charge is 2.30. The molecule has 2 heteroatoms. The molecule has 2 unspecified atom stereocenters. The van der Waals surface area contributed by atoms with Crippen LogP contribution in [0.1, 0.15) is 31.7 Å². The van der Waals surface area contributed by atoms with E-state index in [2.05, 4.69) is 42.6 Å². The molecule has 1 saturated carbocycles. The maximum absolute atomic E-state index is 8.93. The molecule has 0 amide bonds. The predicted octanol–water partition coefficient (Wildman–Crippen LogP) is 2.62. The maximum Gasteiger partial charge on any atom is 0.0434 e. The van der Waals surface area contributed by atoms with Crippen molar-refractivity contribution in [3.63, 3.8) is 0 Å². The Kier molecular flexibility index (Phi) is 5.21. The molecule has 0 radical (unpaired) electrons. The van der Waals surface area contributed by atoms with Gasteiger partial charge < -0.3 is 10.4 Å². The van der Waals surface area contributed by atoms with E-state index in [4.69, 9.17) is 5.11 Å². The van der Waals surface area contributed by atoms with E-state index in [1.165, 1.54) is 18.4 Å². The van der Waals surface area contributed by atoms with Crippen LogP contribution in [-0.4, -0.2) is 24.3 Å². The van der Waals surface area contributed by atoms with Crippen LogP contribution in [0.3, 0.4) is 0 Å². The molecule has 0 heterocycles. The molecule has 1 aliphatic rings. The lowest BCUT2D eigenvalue weighted by Crippen LogP contribution is -2.36. The topological polar surface area (TPSA) is 32.3 Å². The van der Waals surface area contributed by atoms with Gasteiger partial charge in [0.05, 0.1) is 0 Å². The second-order valence-electron chi connectivity index (χ2n) is 5.66. The minimum atomic E-state index is 0.301. The van der Waals surface area contributed by atoms with Gasteiger partial charge in [-0.2, -0.15) is 0 Å². The molecule has 0 saturated heterocycles. The summed E-state index contributed by atoms with van der Waals surface area (Å²) in [6.07, 6.45) is 4.78. The summed E-state index contributed by atoms with van der Waals surface area (Å²) in [6, 6.07) is 11.4. The fraction of sp³-hybridized carbons (Fsp3) is 0.625. The highest BCUT2D eigenvalue weighted by molar-refractivity contribution is 5.16. The molecular weight excluding hydrogens is 222 g/mol. The van der Waals surface area contributed by atoms with Gasteiger partial charge in [0.15, 0.2) is 0 Å². The predicted molar refractivity (Wildman–Crippen MR) is 75.5 cm³/mol. The standard InChI is InChI=1S/C16H25NO/c1-13(9-10-18)12-17-16(15-7-8-15)11-14-5-3-2-4-6-14/h2-6,13,15-18H,7-12H2,1H3. The van der Waals surface area contributed by atoms with Crippen molar-refractivity contribution in [1.29, 1.82) is 0 Å². The Morgan fingerprint density at radius 1 is 1.28 bits per heavy atom. The Morgan fingerprint density at radius 2 is 2.00 bits per heavy atom. The third-order valence-corrected chi connectivity index (χ3v) is 3.84. The molecule has 18 heavy (non-hydrogen) atoms. The van der Waals surface area contributed by atoms with Crippen molar-refractivity contribution in [2.45, 2.75) is 38.6 Å². The normalized spacial score (nSPS) is 18.6. The molecule has 0 bridgehead atoms. The Balaban J connectivity index is 1.81. The van der Waals surface area contributed by atoms with Crippen LogP contribution in [0.15, 0.2) is 30.3 Å². The molecule has 1 fully saturated rings. The SMILES string of the molecule is CC(CCO)CNC(Cc1ccccc1)C1CC1. The van der Waals surface area contributed by atoms with Gasteiger partial charge in [-0.15, -0.1) is 0 Å². The van der Waals surface area contributed by atoms with Gasteiger partial charge in [0, 0.05) is 12.6 Å². The van der Waals surface area contributed by atoms with E-state index >= 15 is 0 Å². The van der Waals surface area contributed by atoms with Crippen molar-refractivity contribution < 1.29 is 5.11 Å². The largest absolute Gasteiger partial charge is 0.396 e. The zero-order valence-electron chi connectivity index (χ0n) is 11.3. The first kappa shape index (κ1) is 13.6. The average Bonchev–Trinajstić information content (AvgIpc) is 3.20. The van der Waals surface area contributed by atoms with E-state index in [0.717, 1.165) is 25.3 Å². The third kappa shape index (κ3) is 4.43. The zero-order valence-corrected chi connectivity index (χ0v) is 11.3. The van der Waals surface area contributed by atoms with Gasteiger partial charge in [0.25, 0.3) is 0 Å². The van der Waals surface area contributed by atoms with Crippen LogP contribution in [0, 0.1) is 11.8 Å². The van der Waals surface area contributed by atoms with Crippen LogP contribution in [0.2, 0.25) is 0 Å². The number of benzene rings is 1. The summed E-state index contributed by atoms with van der Waals surface area (Å²) in [5, 5.41) is 12.6. The molecule has 2 rings (SSSR count). The number of hydrogen-bond donors (Lipinski definition) is 2. The van der Waals surface area contributed by atoms with Crippen molar-refractivity contribution in [2.24, 2.45) is 11.8 Å². The number of rotatable bonds is 8. The van der Waals surface area contributed by atoms with Gasteiger partial charge in [-0.1, -0.05) is 37.3 Å². The van der Waals surface area contributed by atoms with Crippen LogP contribution in [0.25, 0.3) is 0 Å². The highest BCUT2D eigenvalue weighted by atomic mass is 16.3. The molecule has 2 N–H and O–H groups in total. The first-order chi connectivity index (χ1) is 8.79. The Labute approximate surface area is 110 Å². The van der Waals surface area contributed by atoms with Gasteiger partial charge in [0.2, 0.25) is 0 Å². The summed E-state index contributed by atoms with van der Waals surface area (Å²) < 4.78 is 0. The number of aliphatic hydroxyl groups is 1. The van der Waals surface area contributed by atoms with Crippen LogP contribution in [-0.2, 0) is 6.42 Å². The molecule has 0 aliphatic heterocycles. The van der Waals surface area contributed by atoms with Crippen molar-refractivity contribution in [3.05, 3.63) is 35.9 Å². The minimum absolute atomic E-state index is 0.301. The molecule has 2 atom stereocenters. The van der Waals surface area contributed by atoms with E-state index in [9.17, 15) is 0 Å². The summed E-state index contributed by atoms with van der Waals surface area (Å²) >= 11 is 0. The number of aliphatic hydroxyl groups excluding tert-OH is 1. The number of nitrogens with one attached hydrogen (secondary N) is 1. The van der Waals surface area contributed by atoms with Crippen LogP contribution in [0.4, 0.5) is 0 Å². The Hall–Kier alpha value is -0.860. The summed E-state index contributed by atoms with van der Waals surface area (Å²) in [5.41, 5.74) is 1.43. The van der Waals surface area contributed by atoms with Crippen molar-refractivity contribution in [1.82, 2.24) is 5.32 Å². The van der Waals surface area contributed by atoms with Gasteiger partial charge in [-0.25, -0.2) is 0 Å². The molecule has 0 spiro atoms. The second kappa shape index (κ2) is 6.91. The maximum atomic E-state index is 8.93. The molecular formula is C16H25NO. The summed E-state index contributed by atoms with van der Waals surface area (Å²) in [6.45, 7) is 3.53. The molecule has 2 nitrogen and oxygen atoms in total. The average molecular weight is 247 g/mol. The van der Waals surface area contributed by atoms with E-state index < -0.39 is 0 Å². The van der Waals surface area contributed by atoms with Gasteiger partial charge in [-0.3, -0.25) is 0 Å². The smallest absolute Gasteiger partial charge is 0.0434 e. The summed E-state index contributed by atoms with van der Waals surface area (Å²) in [4.78, 5) is 0.